The number of aromatic nitrogens is 1. The molecule has 0 unspecified atom stereocenters. The first-order valence-electron chi connectivity index (χ1n) is 13.3. The summed E-state index contributed by atoms with van der Waals surface area (Å²) in [5, 5.41) is 4.00. The van der Waals surface area contributed by atoms with Crippen LogP contribution >= 0.6 is 0 Å². The van der Waals surface area contributed by atoms with E-state index in [1.54, 1.807) is 24.3 Å². The number of H-pyrrole nitrogens is 1. The lowest BCUT2D eigenvalue weighted by molar-refractivity contribution is 0.0924. The van der Waals surface area contributed by atoms with Crippen molar-refractivity contribution in [1.82, 2.24) is 10.3 Å². The van der Waals surface area contributed by atoms with Crippen LogP contribution in [0.1, 0.15) is 68.9 Å². The van der Waals surface area contributed by atoms with Crippen LogP contribution in [0, 0.1) is 0 Å². The van der Waals surface area contributed by atoms with Gasteiger partial charge < -0.3 is 10.3 Å². The maximum atomic E-state index is 13.4. The molecule has 1 aromatic heterocycles. The molecule has 0 bridgehead atoms. The molecule has 1 saturated carbocycles. The Morgan fingerprint density at radius 1 is 0.895 bits per heavy atom. The molecule has 1 aliphatic carbocycles. The molecule has 3 N–H and O–H groups in total. The van der Waals surface area contributed by atoms with E-state index in [0.717, 1.165) is 53.3 Å². The lowest BCUT2D eigenvalue weighted by Crippen LogP contribution is -2.36. The molecule has 0 aliphatic heterocycles. The van der Waals surface area contributed by atoms with E-state index in [2.05, 4.69) is 35.8 Å². The van der Waals surface area contributed by atoms with Crippen LogP contribution in [0.15, 0.2) is 77.7 Å². The molecule has 3 aromatic carbocycles. The van der Waals surface area contributed by atoms with Crippen molar-refractivity contribution in [3.63, 3.8) is 0 Å². The van der Waals surface area contributed by atoms with Gasteiger partial charge in [0.15, 0.2) is 0 Å². The lowest BCUT2D eigenvalue weighted by atomic mass is 9.87. The van der Waals surface area contributed by atoms with Gasteiger partial charge in [-0.05, 0) is 59.7 Å². The third kappa shape index (κ3) is 5.48. The monoisotopic (exact) mass is 529 g/mol. The first-order valence-corrected chi connectivity index (χ1v) is 14.8. The van der Waals surface area contributed by atoms with Crippen molar-refractivity contribution < 1.29 is 13.2 Å². The third-order valence-electron chi connectivity index (χ3n) is 7.31. The maximum absolute atomic E-state index is 13.4. The van der Waals surface area contributed by atoms with Gasteiger partial charge in [-0.25, -0.2) is 8.42 Å². The van der Waals surface area contributed by atoms with Crippen molar-refractivity contribution in [3.8, 4) is 11.1 Å². The van der Waals surface area contributed by atoms with Crippen LogP contribution in [0.4, 0.5) is 5.69 Å². The number of anilines is 1. The zero-order valence-corrected chi connectivity index (χ0v) is 23.0. The van der Waals surface area contributed by atoms with Crippen LogP contribution in [0.25, 0.3) is 22.0 Å². The highest BCUT2D eigenvalue weighted by atomic mass is 32.2. The molecule has 1 aliphatic rings. The van der Waals surface area contributed by atoms with E-state index in [-0.39, 0.29) is 22.3 Å². The molecular weight excluding hydrogens is 494 g/mol. The molecule has 7 heteroatoms. The summed E-state index contributed by atoms with van der Waals surface area (Å²) in [6, 6.07) is 22.2. The van der Waals surface area contributed by atoms with E-state index in [1.807, 2.05) is 48.5 Å². The van der Waals surface area contributed by atoms with Crippen LogP contribution in [-0.2, 0) is 15.4 Å². The molecule has 0 spiro atoms. The lowest BCUT2D eigenvalue weighted by Gasteiger charge is -2.22. The van der Waals surface area contributed by atoms with Crippen LogP contribution in [0.5, 0.6) is 0 Å². The summed E-state index contributed by atoms with van der Waals surface area (Å²) in [4.78, 5) is 16.9. The number of benzene rings is 3. The Labute approximate surface area is 224 Å². The van der Waals surface area contributed by atoms with Crippen molar-refractivity contribution in [2.45, 2.75) is 69.2 Å². The zero-order chi connectivity index (χ0) is 26.9. The first-order chi connectivity index (χ1) is 18.1. The van der Waals surface area contributed by atoms with Crippen molar-refractivity contribution >= 4 is 32.5 Å². The van der Waals surface area contributed by atoms with Crippen LogP contribution in [-0.4, -0.2) is 25.4 Å². The average Bonchev–Trinajstić information content (AvgIpc) is 3.28. The highest BCUT2D eigenvalue weighted by Gasteiger charge is 2.24. The molecule has 1 amide bonds. The zero-order valence-electron chi connectivity index (χ0n) is 22.2. The number of sulfonamides is 1. The standard InChI is InChI=1S/C31H35N3O3S/c1-31(2,3)22-14-17-25(18-15-22)38(36,37)34-24-16-19-27-26(20-24)28(21-10-6-4-7-11-21)29(33-27)30(35)32-23-12-8-5-9-13-23/h4,6-7,10-11,14-20,23,33-34H,5,8-9,12-13H2,1-3H3,(H,32,35). The highest BCUT2D eigenvalue weighted by Crippen LogP contribution is 2.35. The van der Waals surface area contributed by atoms with Gasteiger partial charge in [0.2, 0.25) is 0 Å². The summed E-state index contributed by atoms with van der Waals surface area (Å²) in [5.74, 6) is -0.131. The molecule has 1 fully saturated rings. The van der Waals surface area contributed by atoms with Gasteiger partial charge in [0, 0.05) is 28.2 Å². The Bertz CT molecular complexity index is 1540. The van der Waals surface area contributed by atoms with Gasteiger partial charge in [0.25, 0.3) is 15.9 Å². The Kier molecular flexibility index (Phi) is 7.05. The fraction of sp³-hybridized carbons (Fsp3) is 0.323. The quantitative estimate of drug-likeness (QED) is 0.251. The number of rotatable bonds is 6. The van der Waals surface area contributed by atoms with Crippen molar-refractivity contribution in [3.05, 3.63) is 84.1 Å². The SMILES string of the molecule is CC(C)(C)c1ccc(S(=O)(=O)Nc2ccc3[nH]c(C(=O)NC4CCCCC4)c(-c4ccccc4)c3c2)cc1. The van der Waals surface area contributed by atoms with E-state index in [4.69, 9.17) is 0 Å². The molecule has 0 atom stereocenters. The summed E-state index contributed by atoms with van der Waals surface area (Å²) in [6.45, 7) is 6.28. The number of carbonyl (C=O) groups is 1. The Hall–Kier alpha value is -3.58. The average molecular weight is 530 g/mol. The Morgan fingerprint density at radius 2 is 1.58 bits per heavy atom. The number of carbonyl (C=O) groups excluding carboxylic acids is 1. The summed E-state index contributed by atoms with van der Waals surface area (Å²) in [6.07, 6.45) is 5.47. The minimum Gasteiger partial charge on any atom is -0.350 e. The van der Waals surface area contributed by atoms with Gasteiger partial charge in [-0.3, -0.25) is 9.52 Å². The second kappa shape index (κ2) is 10.3. The minimum absolute atomic E-state index is 0.0656. The highest BCUT2D eigenvalue weighted by molar-refractivity contribution is 7.92. The molecule has 5 rings (SSSR count). The molecule has 1 heterocycles. The summed E-state index contributed by atoms with van der Waals surface area (Å²) in [7, 11) is -3.79. The predicted octanol–water partition coefficient (Wildman–Crippen LogP) is 7.00. The number of hydrogen-bond acceptors (Lipinski definition) is 3. The summed E-state index contributed by atoms with van der Waals surface area (Å²) in [5.41, 5.74) is 4.37. The minimum atomic E-state index is -3.79. The molecule has 198 valence electrons. The fourth-order valence-corrected chi connectivity index (χ4v) is 6.23. The molecule has 0 saturated heterocycles. The van der Waals surface area contributed by atoms with Crippen molar-refractivity contribution in [2.75, 3.05) is 4.72 Å². The number of nitrogens with one attached hydrogen (secondary N) is 3. The topological polar surface area (TPSA) is 91.1 Å². The second-order valence-corrected chi connectivity index (χ2v) is 12.9. The van der Waals surface area contributed by atoms with E-state index in [9.17, 15) is 13.2 Å². The second-order valence-electron chi connectivity index (χ2n) is 11.2. The molecular formula is C31H35N3O3S. The van der Waals surface area contributed by atoms with Gasteiger partial charge >= 0.3 is 0 Å². The van der Waals surface area contributed by atoms with Crippen LogP contribution < -0.4 is 10.0 Å². The van der Waals surface area contributed by atoms with Crippen molar-refractivity contribution in [1.29, 1.82) is 0 Å². The number of aromatic amines is 1. The van der Waals surface area contributed by atoms with Gasteiger partial charge in [-0.2, -0.15) is 0 Å². The number of hydrogen-bond donors (Lipinski definition) is 3. The van der Waals surface area contributed by atoms with Crippen LogP contribution in [0.3, 0.4) is 0 Å². The van der Waals surface area contributed by atoms with Crippen LogP contribution in [0.2, 0.25) is 0 Å². The van der Waals surface area contributed by atoms with Gasteiger partial charge in [0.1, 0.15) is 5.69 Å². The van der Waals surface area contributed by atoms with E-state index < -0.39 is 10.0 Å². The largest absolute Gasteiger partial charge is 0.350 e. The predicted molar refractivity (Wildman–Crippen MR) is 154 cm³/mol. The number of amides is 1. The van der Waals surface area contributed by atoms with Gasteiger partial charge in [-0.1, -0.05) is 82.5 Å². The van der Waals surface area contributed by atoms with Gasteiger partial charge in [0.05, 0.1) is 4.90 Å². The van der Waals surface area contributed by atoms with E-state index in [1.165, 1.54) is 6.42 Å². The number of fused-ring (bicyclic) bond motifs is 1. The summed E-state index contributed by atoms with van der Waals surface area (Å²) >= 11 is 0. The van der Waals surface area contributed by atoms with Crippen molar-refractivity contribution in [2.24, 2.45) is 0 Å². The molecule has 0 radical (unpaired) electrons. The smallest absolute Gasteiger partial charge is 0.268 e. The molecule has 6 nitrogen and oxygen atoms in total. The third-order valence-corrected chi connectivity index (χ3v) is 8.71. The molecule has 4 aromatic rings. The fourth-order valence-electron chi connectivity index (χ4n) is 5.18. The maximum Gasteiger partial charge on any atom is 0.268 e. The summed E-state index contributed by atoms with van der Waals surface area (Å²) < 4.78 is 29.1. The van der Waals surface area contributed by atoms with Gasteiger partial charge in [-0.15, -0.1) is 0 Å². The Morgan fingerprint density at radius 3 is 2.24 bits per heavy atom. The van der Waals surface area contributed by atoms with E-state index in [0.29, 0.717) is 11.4 Å². The Balaban J connectivity index is 1.50. The molecule has 38 heavy (non-hydrogen) atoms. The van der Waals surface area contributed by atoms with E-state index >= 15 is 0 Å². The first kappa shape index (κ1) is 26.0. The normalized spacial score (nSPS) is 14.9.